The van der Waals surface area contributed by atoms with E-state index >= 15 is 0 Å². The van der Waals surface area contributed by atoms with Crippen molar-refractivity contribution in [2.75, 3.05) is 7.11 Å². The SMILES string of the molecule is COc1cccnc1CC1CC=CC1. The molecule has 0 saturated heterocycles. The van der Waals surface area contributed by atoms with Gasteiger partial charge >= 0.3 is 0 Å². The van der Waals surface area contributed by atoms with Gasteiger partial charge in [-0.25, -0.2) is 0 Å². The average molecular weight is 189 g/mol. The van der Waals surface area contributed by atoms with Gasteiger partial charge in [0.2, 0.25) is 0 Å². The number of methoxy groups -OCH3 is 1. The summed E-state index contributed by atoms with van der Waals surface area (Å²) in [4.78, 5) is 4.36. The number of allylic oxidation sites excluding steroid dienone is 2. The van der Waals surface area contributed by atoms with E-state index in [9.17, 15) is 0 Å². The molecule has 2 heteroatoms. The van der Waals surface area contributed by atoms with Crippen LogP contribution in [0.1, 0.15) is 18.5 Å². The fourth-order valence-corrected chi connectivity index (χ4v) is 1.88. The van der Waals surface area contributed by atoms with Crippen molar-refractivity contribution in [1.29, 1.82) is 0 Å². The Kier molecular flexibility index (Phi) is 2.82. The maximum absolute atomic E-state index is 5.27. The molecule has 14 heavy (non-hydrogen) atoms. The summed E-state index contributed by atoms with van der Waals surface area (Å²) in [6.45, 7) is 0. The first kappa shape index (κ1) is 9.25. The average Bonchev–Trinajstić information content (AvgIpc) is 2.71. The summed E-state index contributed by atoms with van der Waals surface area (Å²) in [5, 5.41) is 0. The fourth-order valence-electron chi connectivity index (χ4n) is 1.88. The summed E-state index contributed by atoms with van der Waals surface area (Å²) in [6, 6.07) is 3.89. The number of pyridine rings is 1. The molecule has 0 aliphatic heterocycles. The summed E-state index contributed by atoms with van der Waals surface area (Å²) in [5.41, 5.74) is 1.09. The zero-order valence-electron chi connectivity index (χ0n) is 8.44. The lowest BCUT2D eigenvalue weighted by Crippen LogP contribution is -2.03. The van der Waals surface area contributed by atoms with Gasteiger partial charge in [-0.15, -0.1) is 0 Å². The molecule has 1 heterocycles. The summed E-state index contributed by atoms with van der Waals surface area (Å²) in [6.07, 6.45) is 9.72. The van der Waals surface area contributed by atoms with Gasteiger partial charge in [0.1, 0.15) is 5.75 Å². The molecular formula is C12H15NO. The summed E-state index contributed by atoms with van der Waals surface area (Å²) < 4.78 is 5.27. The molecule has 0 fully saturated rings. The number of nitrogens with zero attached hydrogens (tertiary/aromatic N) is 1. The van der Waals surface area contributed by atoms with Crippen LogP contribution in [-0.2, 0) is 6.42 Å². The van der Waals surface area contributed by atoms with Gasteiger partial charge in [-0.3, -0.25) is 4.98 Å². The number of hydrogen-bond donors (Lipinski definition) is 0. The molecule has 0 saturated carbocycles. The van der Waals surface area contributed by atoms with Crippen molar-refractivity contribution in [2.45, 2.75) is 19.3 Å². The Morgan fingerprint density at radius 2 is 2.21 bits per heavy atom. The molecule has 0 atom stereocenters. The topological polar surface area (TPSA) is 22.1 Å². The van der Waals surface area contributed by atoms with Crippen molar-refractivity contribution in [2.24, 2.45) is 5.92 Å². The maximum atomic E-state index is 5.27. The number of rotatable bonds is 3. The van der Waals surface area contributed by atoms with Crippen LogP contribution in [0.2, 0.25) is 0 Å². The molecule has 1 aromatic heterocycles. The van der Waals surface area contributed by atoms with E-state index in [0.717, 1.165) is 23.8 Å². The van der Waals surface area contributed by atoms with Crippen molar-refractivity contribution in [3.63, 3.8) is 0 Å². The lowest BCUT2D eigenvalue weighted by Gasteiger charge is -2.11. The van der Waals surface area contributed by atoms with Crippen LogP contribution in [0.5, 0.6) is 5.75 Å². The number of ether oxygens (including phenoxy) is 1. The predicted molar refractivity (Wildman–Crippen MR) is 56.4 cm³/mol. The zero-order chi connectivity index (χ0) is 9.80. The monoisotopic (exact) mass is 189 g/mol. The molecule has 0 amide bonds. The van der Waals surface area contributed by atoms with Crippen LogP contribution in [0.15, 0.2) is 30.5 Å². The van der Waals surface area contributed by atoms with Gasteiger partial charge < -0.3 is 4.74 Å². The molecule has 1 aromatic rings. The molecular weight excluding hydrogens is 174 g/mol. The quantitative estimate of drug-likeness (QED) is 0.682. The highest BCUT2D eigenvalue weighted by molar-refractivity contribution is 5.27. The minimum absolute atomic E-state index is 0.721. The molecule has 0 aromatic carbocycles. The highest BCUT2D eigenvalue weighted by Crippen LogP contribution is 2.25. The van der Waals surface area contributed by atoms with E-state index in [2.05, 4.69) is 17.1 Å². The standard InChI is InChI=1S/C12H15NO/c1-14-12-7-4-8-13-11(12)9-10-5-2-3-6-10/h2-4,7-8,10H,5-6,9H2,1H3. The second-order valence-corrected chi connectivity index (χ2v) is 3.67. The first-order valence-electron chi connectivity index (χ1n) is 5.03. The lowest BCUT2D eigenvalue weighted by molar-refractivity contribution is 0.401. The minimum atomic E-state index is 0.721. The maximum Gasteiger partial charge on any atom is 0.140 e. The second kappa shape index (κ2) is 4.27. The van der Waals surface area contributed by atoms with Crippen LogP contribution in [0.3, 0.4) is 0 Å². The van der Waals surface area contributed by atoms with Gasteiger partial charge in [0.25, 0.3) is 0 Å². The van der Waals surface area contributed by atoms with Crippen molar-refractivity contribution in [3.05, 3.63) is 36.2 Å². The normalized spacial score (nSPS) is 16.1. The molecule has 0 radical (unpaired) electrons. The third-order valence-corrected chi connectivity index (χ3v) is 2.66. The predicted octanol–water partition coefficient (Wildman–Crippen LogP) is 2.60. The summed E-state index contributed by atoms with van der Waals surface area (Å²) >= 11 is 0. The summed E-state index contributed by atoms with van der Waals surface area (Å²) in [5.74, 6) is 1.64. The Morgan fingerprint density at radius 1 is 1.43 bits per heavy atom. The van der Waals surface area contributed by atoms with Gasteiger partial charge in [-0.05, 0) is 37.3 Å². The highest BCUT2D eigenvalue weighted by Gasteiger charge is 2.14. The zero-order valence-corrected chi connectivity index (χ0v) is 8.44. The second-order valence-electron chi connectivity index (χ2n) is 3.67. The minimum Gasteiger partial charge on any atom is -0.495 e. The van der Waals surface area contributed by atoms with Crippen LogP contribution in [-0.4, -0.2) is 12.1 Å². The fraction of sp³-hybridized carbons (Fsp3) is 0.417. The van der Waals surface area contributed by atoms with Gasteiger partial charge in [-0.2, -0.15) is 0 Å². The Labute approximate surface area is 84.6 Å². The number of aromatic nitrogens is 1. The van der Waals surface area contributed by atoms with E-state index in [-0.39, 0.29) is 0 Å². The van der Waals surface area contributed by atoms with Gasteiger partial charge in [0.05, 0.1) is 12.8 Å². The Hall–Kier alpha value is -1.31. The molecule has 74 valence electrons. The molecule has 2 rings (SSSR count). The highest BCUT2D eigenvalue weighted by atomic mass is 16.5. The first-order chi connectivity index (χ1) is 6.90. The summed E-state index contributed by atoms with van der Waals surface area (Å²) in [7, 11) is 1.70. The van der Waals surface area contributed by atoms with E-state index in [0.29, 0.717) is 0 Å². The third kappa shape index (κ3) is 1.95. The molecule has 0 bridgehead atoms. The Morgan fingerprint density at radius 3 is 2.93 bits per heavy atom. The van der Waals surface area contributed by atoms with Crippen molar-refractivity contribution < 1.29 is 4.74 Å². The van der Waals surface area contributed by atoms with Crippen LogP contribution in [0.4, 0.5) is 0 Å². The van der Waals surface area contributed by atoms with Crippen LogP contribution >= 0.6 is 0 Å². The van der Waals surface area contributed by atoms with Crippen LogP contribution in [0, 0.1) is 5.92 Å². The molecule has 2 nitrogen and oxygen atoms in total. The molecule has 0 N–H and O–H groups in total. The van der Waals surface area contributed by atoms with E-state index in [1.54, 1.807) is 7.11 Å². The van der Waals surface area contributed by atoms with E-state index in [1.165, 1.54) is 12.8 Å². The number of hydrogen-bond acceptors (Lipinski definition) is 2. The molecule has 0 spiro atoms. The Balaban J connectivity index is 2.07. The van der Waals surface area contributed by atoms with Gasteiger partial charge in [0.15, 0.2) is 0 Å². The largest absolute Gasteiger partial charge is 0.495 e. The van der Waals surface area contributed by atoms with Crippen LogP contribution in [0.25, 0.3) is 0 Å². The lowest BCUT2D eigenvalue weighted by atomic mass is 10.0. The van der Waals surface area contributed by atoms with Gasteiger partial charge in [-0.1, -0.05) is 12.2 Å². The molecule has 1 aliphatic carbocycles. The van der Waals surface area contributed by atoms with Gasteiger partial charge in [0, 0.05) is 6.20 Å². The van der Waals surface area contributed by atoms with Crippen LogP contribution < -0.4 is 4.74 Å². The van der Waals surface area contributed by atoms with E-state index in [1.807, 2.05) is 18.3 Å². The van der Waals surface area contributed by atoms with E-state index < -0.39 is 0 Å². The first-order valence-corrected chi connectivity index (χ1v) is 5.03. The van der Waals surface area contributed by atoms with Crippen molar-refractivity contribution >= 4 is 0 Å². The van der Waals surface area contributed by atoms with Crippen molar-refractivity contribution in [3.8, 4) is 5.75 Å². The van der Waals surface area contributed by atoms with E-state index in [4.69, 9.17) is 4.74 Å². The molecule has 1 aliphatic rings. The van der Waals surface area contributed by atoms with Crippen molar-refractivity contribution in [1.82, 2.24) is 4.98 Å². The Bertz CT molecular complexity index is 325. The third-order valence-electron chi connectivity index (χ3n) is 2.66. The molecule has 0 unspecified atom stereocenters. The smallest absolute Gasteiger partial charge is 0.140 e.